The lowest BCUT2D eigenvalue weighted by Gasteiger charge is -2.13. The Morgan fingerprint density at radius 1 is 1.24 bits per heavy atom. The predicted molar refractivity (Wildman–Crippen MR) is 89.5 cm³/mol. The first-order valence-electron chi connectivity index (χ1n) is 6.17. The lowest BCUT2D eigenvalue weighted by atomic mass is 10.2. The van der Waals surface area contributed by atoms with Crippen LogP contribution in [0.15, 0.2) is 40.9 Å². The van der Waals surface area contributed by atoms with E-state index in [0.29, 0.717) is 22.1 Å². The number of anilines is 2. The maximum absolute atomic E-state index is 12.0. The summed E-state index contributed by atoms with van der Waals surface area (Å²) in [5.41, 5.74) is 2.11. The van der Waals surface area contributed by atoms with E-state index >= 15 is 0 Å². The quantitative estimate of drug-likeness (QED) is 0.794. The number of benzene rings is 2. The lowest BCUT2D eigenvalue weighted by Crippen LogP contribution is -2.19. The molecule has 4 nitrogen and oxygen atoms in total. The van der Waals surface area contributed by atoms with Crippen molar-refractivity contribution in [3.63, 3.8) is 0 Å². The van der Waals surface area contributed by atoms with Gasteiger partial charge in [-0.1, -0.05) is 33.6 Å². The Balaban J connectivity index is 2.14. The van der Waals surface area contributed by atoms with Gasteiger partial charge in [0.1, 0.15) is 5.75 Å². The summed E-state index contributed by atoms with van der Waals surface area (Å²) in [7, 11) is 1.53. The number of ether oxygens (including phenoxy) is 1. The summed E-state index contributed by atoms with van der Waals surface area (Å²) in [4.78, 5) is 12.0. The van der Waals surface area contributed by atoms with Gasteiger partial charge in [-0.25, -0.2) is 4.79 Å². The van der Waals surface area contributed by atoms with Gasteiger partial charge in [0.25, 0.3) is 0 Å². The topological polar surface area (TPSA) is 50.4 Å². The summed E-state index contributed by atoms with van der Waals surface area (Å²) in [5.74, 6) is 0.509. The molecule has 0 radical (unpaired) electrons. The largest absolute Gasteiger partial charge is 0.495 e. The molecule has 2 N–H and O–H groups in total. The highest BCUT2D eigenvalue weighted by atomic mass is 79.9. The predicted octanol–water partition coefficient (Wildman–Crippen LogP) is 5.06. The van der Waals surface area contributed by atoms with Crippen molar-refractivity contribution in [1.82, 2.24) is 0 Å². The first-order valence-corrected chi connectivity index (χ1v) is 7.34. The summed E-state index contributed by atoms with van der Waals surface area (Å²) >= 11 is 9.39. The Hall–Kier alpha value is -1.72. The zero-order valence-corrected chi connectivity index (χ0v) is 13.9. The molecule has 21 heavy (non-hydrogen) atoms. The molecule has 0 saturated carbocycles. The minimum atomic E-state index is -0.354. The third-order valence-electron chi connectivity index (χ3n) is 2.81. The van der Waals surface area contributed by atoms with Gasteiger partial charge in [0.2, 0.25) is 0 Å². The zero-order valence-electron chi connectivity index (χ0n) is 11.5. The first-order chi connectivity index (χ1) is 9.99. The van der Waals surface area contributed by atoms with Gasteiger partial charge in [0.15, 0.2) is 0 Å². The van der Waals surface area contributed by atoms with Crippen molar-refractivity contribution in [1.29, 1.82) is 0 Å². The van der Waals surface area contributed by atoms with Crippen LogP contribution in [-0.2, 0) is 0 Å². The van der Waals surface area contributed by atoms with E-state index in [4.69, 9.17) is 16.3 Å². The van der Waals surface area contributed by atoms with Crippen LogP contribution < -0.4 is 15.4 Å². The third-order valence-corrected chi connectivity index (χ3v) is 3.71. The van der Waals surface area contributed by atoms with E-state index in [-0.39, 0.29) is 6.03 Å². The van der Waals surface area contributed by atoms with Crippen LogP contribution in [0, 0.1) is 6.92 Å². The van der Waals surface area contributed by atoms with E-state index in [1.54, 1.807) is 18.2 Å². The van der Waals surface area contributed by atoms with Crippen molar-refractivity contribution in [3.05, 3.63) is 51.5 Å². The summed E-state index contributed by atoms with van der Waals surface area (Å²) in [5, 5.41) is 6.08. The fourth-order valence-electron chi connectivity index (χ4n) is 1.78. The fraction of sp³-hybridized carbons (Fsp3) is 0.133. The van der Waals surface area contributed by atoms with Crippen LogP contribution in [0.2, 0.25) is 5.02 Å². The molecule has 0 saturated heterocycles. The highest BCUT2D eigenvalue weighted by Gasteiger charge is 2.10. The van der Waals surface area contributed by atoms with E-state index in [9.17, 15) is 4.79 Å². The molecule has 0 atom stereocenters. The van der Waals surface area contributed by atoms with Crippen LogP contribution in [0.4, 0.5) is 16.2 Å². The molecular formula is C15H14BrClN2O2. The maximum Gasteiger partial charge on any atom is 0.323 e. The molecule has 0 unspecified atom stereocenters. The van der Waals surface area contributed by atoms with E-state index in [1.165, 1.54) is 7.11 Å². The van der Waals surface area contributed by atoms with Crippen molar-refractivity contribution in [3.8, 4) is 5.75 Å². The normalized spacial score (nSPS) is 10.1. The molecular weight excluding hydrogens is 356 g/mol. The molecule has 6 heteroatoms. The van der Waals surface area contributed by atoms with Crippen molar-refractivity contribution in [2.75, 3.05) is 17.7 Å². The van der Waals surface area contributed by atoms with E-state index in [0.717, 1.165) is 10.0 Å². The summed E-state index contributed by atoms with van der Waals surface area (Å²) in [6.45, 7) is 1.86. The number of hydrogen-bond acceptors (Lipinski definition) is 2. The smallest absolute Gasteiger partial charge is 0.323 e. The number of amides is 2. The number of nitrogens with one attached hydrogen (secondary N) is 2. The highest BCUT2D eigenvalue weighted by molar-refractivity contribution is 9.10. The minimum Gasteiger partial charge on any atom is -0.495 e. The van der Waals surface area contributed by atoms with Gasteiger partial charge in [0, 0.05) is 21.2 Å². The van der Waals surface area contributed by atoms with Gasteiger partial charge in [0.05, 0.1) is 12.8 Å². The average molecular weight is 370 g/mol. The van der Waals surface area contributed by atoms with E-state index < -0.39 is 0 Å². The Bertz CT molecular complexity index is 677. The second-order valence-corrected chi connectivity index (χ2v) is 5.71. The van der Waals surface area contributed by atoms with Crippen molar-refractivity contribution >= 4 is 44.9 Å². The molecule has 2 aromatic carbocycles. The summed E-state index contributed by atoms with van der Waals surface area (Å²) < 4.78 is 6.11. The molecule has 0 aliphatic carbocycles. The van der Waals surface area contributed by atoms with E-state index in [1.807, 2.05) is 25.1 Å². The summed E-state index contributed by atoms with van der Waals surface area (Å²) in [6, 6.07) is 10.4. The van der Waals surface area contributed by atoms with Crippen LogP contribution in [0.5, 0.6) is 5.75 Å². The number of urea groups is 1. The number of carbonyl (C=O) groups is 1. The Morgan fingerprint density at radius 3 is 2.67 bits per heavy atom. The second kappa shape index (κ2) is 6.83. The monoisotopic (exact) mass is 368 g/mol. The van der Waals surface area contributed by atoms with Gasteiger partial charge in [-0.3, -0.25) is 0 Å². The molecule has 0 bridgehead atoms. The molecule has 0 aliphatic rings. The molecule has 2 rings (SSSR count). The number of halogens is 2. The highest BCUT2D eigenvalue weighted by Crippen LogP contribution is 2.31. The molecule has 0 fully saturated rings. The number of rotatable bonds is 3. The lowest BCUT2D eigenvalue weighted by molar-refractivity contribution is 0.262. The van der Waals surface area contributed by atoms with Crippen molar-refractivity contribution in [2.45, 2.75) is 6.92 Å². The van der Waals surface area contributed by atoms with Gasteiger partial charge >= 0.3 is 6.03 Å². The molecule has 0 heterocycles. The van der Waals surface area contributed by atoms with Crippen LogP contribution in [-0.4, -0.2) is 13.1 Å². The van der Waals surface area contributed by atoms with Gasteiger partial charge in [-0.2, -0.15) is 0 Å². The fourth-order valence-corrected chi connectivity index (χ4v) is 2.33. The van der Waals surface area contributed by atoms with Gasteiger partial charge < -0.3 is 15.4 Å². The third kappa shape index (κ3) is 4.12. The molecule has 2 amide bonds. The SMILES string of the molecule is COc1cc(Cl)c(C)cc1NC(=O)Nc1cccc(Br)c1. The Kier molecular flexibility index (Phi) is 5.09. The number of carbonyl (C=O) groups excluding carboxylic acids is 1. The number of hydrogen-bond donors (Lipinski definition) is 2. The van der Waals surface area contributed by atoms with Crippen LogP contribution in [0.3, 0.4) is 0 Å². The second-order valence-electron chi connectivity index (χ2n) is 4.39. The standard InChI is InChI=1S/C15H14BrClN2O2/c1-9-6-13(14(21-2)8-12(9)17)19-15(20)18-11-5-3-4-10(16)7-11/h3-8H,1-2H3,(H2,18,19,20). The van der Waals surface area contributed by atoms with Crippen LogP contribution in [0.1, 0.15) is 5.56 Å². The van der Waals surface area contributed by atoms with E-state index in [2.05, 4.69) is 26.6 Å². The van der Waals surface area contributed by atoms with Crippen LogP contribution in [0.25, 0.3) is 0 Å². The maximum atomic E-state index is 12.0. The Morgan fingerprint density at radius 2 is 2.00 bits per heavy atom. The van der Waals surface area contributed by atoms with Crippen molar-refractivity contribution in [2.24, 2.45) is 0 Å². The number of methoxy groups -OCH3 is 1. The Labute approximate surface area is 136 Å². The number of aryl methyl sites for hydroxylation is 1. The zero-order chi connectivity index (χ0) is 15.4. The molecule has 110 valence electrons. The van der Waals surface area contributed by atoms with Crippen molar-refractivity contribution < 1.29 is 9.53 Å². The molecule has 0 aromatic heterocycles. The molecule has 0 spiro atoms. The van der Waals surface area contributed by atoms with Gasteiger partial charge in [-0.05, 0) is 36.8 Å². The molecule has 2 aromatic rings. The first kappa shape index (κ1) is 15.7. The molecule has 0 aliphatic heterocycles. The minimum absolute atomic E-state index is 0.354. The van der Waals surface area contributed by atoms with Gasteiger partial charge in [-0.15, -0.1) is 0 Å². The summed E-state index contributed by atoms with van der Waals surface area (Å²) in [6.07, 6.45) is 0. The van der Waals surface area contributed by atoms with Crippen LogP contribution >= 0.6 is 27.5 Å². The average Bonchev–Trinajstić information content (AvgIpc) is 2.42.